The van der Waals surface area contributed by atoms with Gasteiger partial charge in [0.15, 0.2) is 5.16 Å². The average Bonchev–Trinajstić information content (AvgIpc) is 3.06. The zero-order valence-electron chi connectivity index (χ0n) is 12.3. The zero-order valence-corrected chi connectivity index (χ0v) is 13.9. The lowest BCUT2D eigenvalue weighted by Gasteiger charge is -2.24. The number of carbonyl (C=O) groups is 1. The zero-order chi connectivity index (χ0) is 15.4. The number of rotatable bonds is 7. The largest absolute Gasteiger partial charge is 0.481 e. The molecule has 1 unspecified atom stereocenters. The number of thioether (sulfide) groups is 1. The third-order valence-corrected chi connectivity index (χ3v) is 4.99. The predicted molar refractivity (Wildman–Crippen MR) is 85.1 cm³/mol. The van der Waals surface area contributed by atoms with Gasteiger partial charge >= 0.3 is 5.97 Å². The molecular formula is C14H19N3O2S2. The van der Waals surface area contributed by atoms with Crippen LogP contribution in [0.1, 0.15) is 37.5 Å². The van der Waals surface area contributed by atoms with Crippen LogP contribution in [0.15, 0.2) is 22.7 Å². The first-order chi connectivity index (χ1) is 10.0. The highest BCUT2D eigenvalue weighted by molar-refractivity contribution is 7.99. The van der Waals surface area contributed by atoms with Gasteiger partial charge in [-0.2, -0.15) is 0 Å². The van der Waals surface area contributed by atoms with Crippen LogP contribution in [-0.4, -0.2) is 31.6 Å². The summed E-state index contributed by atoms with van der Waals surface area (Å²) in [6.07, 6.45) is 0.773. The first kappa shape index (κ1) is 16.0. The van der Waals surface area contributed by atoms with Gasteiger partial charge in [0.25, 0.3) is 0 Å². The van der Waals surface area contributed by atoms with E-state index in [2.05, 4.69) is 40.1 Å². The van der Waals surface area contributed by atoms with E-state index in [1.807, 2.05) is 13.0 Å². The van der Waals surface area contributed by atoms with Crippen LogP contribution in [-0.2, 0) is 11.2 Å². The fraction of sp³-hybridized carbons (Fsp3) is 0.500. The summed E-state index contributed by atoms with van der Waals surface area (Å²) in [5.74, 6) is 0.422. The molecule has 21 heavy (non-hydrogen) atoms. The lowest BCUT2D eigenvalue weighted by atomic mass is 10.0. The first-order valence-corrected chi connectivity index (χ1v) is 8.72. The van der Waals surface area contributed by atoms with Gasteiger partial charge in [0.05, 0.1) is 11.8 Å². The van der Waals surface area contributed by atoms with Crippen LogP contribution in [0.4, 0.5) is 0 Å². The molecule has 0 aliphatic carbocycles. The second kappa shape index (κ2) is 7.09. The van der Waals surface area contributed by atoms with Crippen molar-refractivity contribution in [2.45, 2.75) is 38.4 Å². The fourth-order valence-corrected chi connectivity index (χ4v) is 3.96. The molecule has 2 aromatic rings. The third kappa shape index (κ3) is 3.65. The van der Waals surface area contributed by atoms with Crippen molar-refractivity contribution in [3.8, 4) is 0 Å². The van der Waals surface area contributed by atoms with Crippen molar-refractivity contribution in [2.75, 3.05) is 5.75 Å². The van der Waals surface area contributed by atoms with E-state index in [4.69, 9.17) is 5.11 Å². The molecule has 2 heterocycles. The van der Waals surface area contributed by atoms with Crippen LogP contribution in [0.25, 0.3) is 0 Å². The lowest BCUT2D eigenvalue weighted by molar-refractivity contribution is -0.133. The Balaban J connectivity index is 2.42. The lowest BCUT2D eigenvalue weighted by Crippen LogP contribution is -2.19. The molecular weight excluding hydrogens is 306 g/mol. The van der Waals surface area contributed by atoms with Gasteiger partial charge < -0.3 is 5.11 Å². The molecule has 0 fully saturated rings. The summed E-state index contributed by atoms with van der Waals surface area (Å²) in [7, 11) is 0. The van der Waals surface area contributed by atoms with Gasteiger partial charge in [0.1, 0.15) is 5.82 Å². The Bertz CT molecular complexity index is 593. The molecule has 0 radical (unpaired) electrons. The second-order valence-corrected chi connectivity index (χ2v) is 6.93. The Morgan fingerprint density at radius 3 is 2.76 bits per heavy atom. The number of hydrogen-bond donors (Lipinski definition) is 1. The van der Waals surface area contributed by atoms with E-state index >= 15 is 0 Å². The highest BCUT2D eigenvalue weighted by Crippen LogP contribution is 2.34. The molecule has 0 amide bonds. The summed E-state index contributed by atoms with van der Waals surface area (Å²) in [6, 6.07) is 4.29. The molecule has 5 nitrogen and oxygen atoms in total. The molecule has 1 N–H and O–H groups in total. The highest BCUT2D eigenvalue weighted by atomic mass is 32.2. The Kier molecular flexibility index (Phi) is 5.41. The number of hydrogen-bond acceptors (Lipinski definition) is 5. The maximum absolute atomic E-state index is 10.8. The van der Waals surface area contributed by atoms with E-state index < -0.39 is 5.97 Å². The van der Waals surface area contributed by atoms with Crippen molar-refractivity contribution < 1.29 is 9.90 Å². The van der Waals surface area contributed by atoms with E-state index in [1.165, 1.54) is 16.6 Å². The van der Waals surface area contributed by atoms with Crippen LogP contribution in [0, 0.1) is 5.92 Å². The Labute approximate surface area is 132 Å². The average molecular weight is 325 g/mol. The highest BCUT2D eigenvalue weighted by Gasteiger charge is 2.25. The minimum Gasteiger partial charge on any atom is -0.481 e. The summed E-state index contributed by atoms with van der Waals surface area (Å²) in [5.41, 5.74) is 0. The molecule has 0 bridgehead atoms. The molecule has 1 atom stereocenters. The maximum Gasteiger partial charge on any atom is 0.313 e. The summed E-state index contributed by atoms with van der Waals surface area (Å²) in [4.78, 5) is 12.1. The van der Waals surface area contributed by atoms with Crippen LogP contribution in [0.2, 0.25) is 0 Å². The van der Waals surface area contributed by atoms with Crippen LogP contribution >= 0.6 is 23.1 Å². The summed E-state index contributed by atoms with van der Waals surface area (Å²) < 4.78 is 2.10. The summed E-state index contributed by atoms with van der Waals surface area (Å²) >= 11 is 2.94. The molecule has 0 spiro atoms. The van der Waals surface area contributed by atoms with Crippen LogP contribution in [0.5, 0.6) is 0 Å². The number of thiophene rings is 1. The number of aromatic nitrogens is 3. The number of aliphatic carboxylic acids is 1. The third-order valence-electron chi connectivity index (χ3n) is 3.12. The van der Waals surface area contributed by atoms with E-state index in [9.17, 15) is 4.79 Å². The molecule has 2 rings (SSSR count). The molecule has 0 aliphatic rings. The minimum absolute atomic E-state index is 0.00287. The number of carboxylic acids is 1. The molecule has 0 saturated carbocycles. The summed E-state index contributed by atoms with van der Waals surface area (Å²) in [6.45, 7) is 6.36. The molecule has 0 saturated heterocycles. The van der Waals surface area contributed by atoms with Crippen molar-refractivity contribution in [3.05, 3.63) is 28.2 Å². The van der Waals surface area contributed by atoms with Crippen molar-refractivity contribution in [3.63, 3.8) is 0 Å². The first-order valence-electron chi connectivity index (χ1n) is 6.86. The predicted octanol–water partition coefficient (Wildman–Crippen LogP) is 3.32. The summed E-state index contributed by atoms with van der Waals surface area (Å²) in [5, 5.41) is 20.0. The maximum atomic E-state index is 10.8. The van der Waals surface area contributed by atoms with Crippen molar-refractivity contribution in [1.82, 2.24) is 14.8 Å². The van der Waals surface area contributed by atoms with Crippen molar-refractivity contribution in [1.29, 1.82) is 0 Å². The SMILES string of the molecule is CCc1nnc(SCC(=O)O)n1C(c1cccs1)C(C)C. The quantitative estimate of drug-likeness (QED) is 0.791. The van der Waals surface area contributed by atoms with Crippen molar-refractivity contribution >= 4 is 29.1 Å². The van der Waals surface area contributed by atoms with Gasteiger partial charge in [0, 0.05) is 11.3 Å². The normalized spacial score (nSPS) is 12.8. The van der Waals surface area contributed by atoms with Gasteiger partial charge in [-0.3, -0.25) is 9.36 Å². The topological polar surface area (TPSA) is 68.0 Å². The fourth-order valence-electron chi connectivity index (χ4n) is 2.27. The van der Waals surface area contributed by atoms with Crippen LogP contribution < -0.4 is 0 Å². The smallest absolute Gasteiger partial charge is 0.313 e. The standard InChI is InChI=1S/C14H19N3O2S2/c1-4-11-15-16-14(21-8-12(18)19)17(11)13(9(2)3)10-6-5-7-20-10/h5-7,9,13H,4,8H2,1-3H3,(H,18,19). The molecule has 0 aromatic carbocycles. The van der Waals surface area contributed by atoms with E-state index in [-0.39, 0.29) is 11.8 Å². The Morgan fingerprint density at radius 1 is 1.48 bits per heavy atom. The minimum atomic E-state index is -0.843. The van der Waals surface area contributed by atoms with Gasteiger partial charge in [0.2, 0.25) is 0 Å². The van der Waals surface area contributed by atoms with Gasteiger partial charge in [-0.05, 0) is 17.4 Å². The van der Waals surface area contributed by atoms with Gasteiger partial charge in [-0.25, -0.2) is 0 Å². The van der Waals surface area contributed by atoms with Gasteiger partial charge in [-0.15, -0.1) is 21.5 Å². The number of nitrogens with zero attached hydrogens (tertiary/aromatic N) is 3. The number of carboxylic acid groups (broad SMARTS) is 1. The van der Waals surface area contributed by atoms with E-state index in [0.29, 0.717) is 11.1 Å². The Morgan fingerprint density at radius 2 is 2.24 bits per heavy atom. The monoisotopic (exact) mass is 325 g/mol. The van der Waals surface area contributed by atoms with Crippen molar-refractivity contribution in [2.24, 2.45) is 5.92 Å². The molecule has 0 aliphatic heterocycles. The van der Waals surface area contributed by atoms with Gasteiger partial charge in [-0.1, -0.05) is 38.6 Å². The second-order valence-electron chi connectivity index (χ2n) is 5.01. The molecule has 2 aromatic heterocycles. The molecule has 114 valence electrons. The number of aryl methyl sites for hydroxylation is 1. The Hall–Kier alpha value is -1.34. The molecule has 7 heteroatoms. The van der Waals surface area contributed by atoms with Crippen LogP contribution in [0.3, 0.4) is 0 Å². The van der Waals surface area contributed by atoms with E-state index in [0.717, 1.165) is 12.2 Å². The van der Waals surface area contributed by atoms with E-state index in [1.54, 1.807) is 11.3 Å².